The lowest BCUT2D eigenvalue weighted by molar-refractivity contribution is 0.146. The highest BCUT2D eigenvalue weighted by atomic mass is 19.3. The van der Waals surface area contributed by atoms with Gasteiger partial charge in [0.2, 0.25) is 0 Å². The molecule has 1 fully saturated rings. The Morgan fingerprint density at radius 1 is 1.37 bits per heavy atom. The number of nitrogens with one attached hydrogen (secondary N) is 1. The van der Waals surface area contributed by atoms with Gasteiger partial charge in [-0.1, -0.05) is 0 Å². The lowest BCUT2D eigenvalue weighted by Crippen LogP contribution is -2.27. The fraction of sp³-hybridized carbons (Fsp3) is 0.294. The Bertz CT molecular complexity index is 828. The lowest BCUT2D eigenvalue weighted by atomic mass is 10.2. The van der Waals surface area contributed by atoms with Gasteiger partial charge in [0.15, 0.2) is 0 Å². The van der Waals surface area contributed by atoms with Crippen molar-refractivity contribution < 1.29 is 17.9 Å². The number of anilines is 2. The first-order valence-electron chi connectivity index (χ1n) is 8.22. The molecule has 1 saturated carbocycles. The van der Waals surface area contributed by atoms with Crippen LogP contribution < -0.4 is 26.6 Å². The summed E-state index contributed by atoms with van der Waals surface area (Å²) in [5, 5.41) is 4.23. The Labute approximate surface area is 153 Å². The average Bonchev–Trinajstić information content (AvgIpc) is 3.44. The first kappa shape index (κ1) is 18.8. The summed E-state index contributed by atoms with van der Waals surface area (Å²) >= 11 is 0. The smallest absolute Gasteiger partial charge is 0.318 e. The number of nitrogens with zero attached hydrogens (tertiary/aromatic N) is 3. The summed E-state index contributed by atoms with van der Waals surface area (Å²) in [5.41, 5.74) is 5.45. The maximum Gasteiger partial charge on any atom is 0.318 e. The molecule has 2 aromatic rings. The zero-order valence-corrected chi connectivity index (χ0v) is 14.3. The second-order valence-corrected chi connectivity index (χ2v) is 6.05. The van der Waals surface area contributed by atoms with Crippen LogP contribution in [0, 0.1) is 5.82 Å². The molecule has 1 aromatic heterocycles. The van der Waals surface area contributed by atoms with Gasteiger partial charge in [-0.15, -0.1) is 0 Å². The van der Waals surface area contributed by atoms with E-state index in [1.807, 2.05) is 0 Å². The van der Waals surface area contributed by atoms with Crippen LogP contribution in [0.5, 0.6) is 6.01 Å². The number of rotatable bonds is 8. The molecular weight excluding hydrogens is 361 g/mol. The van der Waals surface area contributed by atoms with E-state index >= 15 is 0 Å². The number of alkyl halides is 2. The number of hydrogen-bond acceptors (Lipinski definition) is 7. The lowest BCUT2D eigenvalue weighted by Gasteiger charge is -2.16. The van der Waals surface area contributed by atoms with Crippen LogP contribution in [0.1, 0.15) is 24.8 Å². The van der Waals surface area contributed by atoms with Crippen LogP contribution in [0.15, 0.2) is 42.4 Å². The molecule has 0 spiro atoms. The second-order valence-electron chi connectivity index (χ2n) is 6.05. The Hall–Kier alpha value is -3.01. The molecule has 27 heavy (non-hydrogen) atoms. The van der Waals surface area contributed by atoms with Crippen molar-refractivity contribution in [2.24, 2.45) is 11.6 Å². The predicted molar refractivity (Wildman–Crippen MR) is 94.5 cm³/mol. The maximum atomic E-state index is 13.4. The van der Waals surface area contributed by atoms with Crippen LogP contribution in [0.2, 0.25) is 0 Å². The largest absolute Gasteiger partial charge is 0.457 e. The van der Waals surface area contributed by atoms with E-state index in [0.29, 0.717) is 11.9 Å². The number of hydrazine groups is 1. The van der Waals surface area contributed by atoms with Gasteiger partial charge in [-0.25, -0.2) is 24.0 Å². The first-order chi connectivity index (χ1) is 12.9. The van der Waals surface area contributed by atoms with Crippen molar-refractivity contribution >= 4 is 11.5 Å². The molecule has 144 valence electrons. The molecule has 0 atom stereocenters. The topological polar surface area (TPSA) is 102 Å². The van der Waals surface area contributed by atoms with E-state index in [-0.39, 0.29) is 24.0 Å². The van der Waals surface area contributed by atoms with Crippen LogP contribution >= 0.6 is 0 Å². The molecule has 1 aliphatic rings. The Morgan fingerprint density at radius 3 is 2.85 bits per heavy atom. The van der Waals surface area contributed by atoms with Crippen molar-refractivity contribution in [3.8, 4) is 6.01 Å². The molecule has 0 saturated heterocycles. The van der Waals surface area contributed by atoms with Crippen molar-refractivity contribution in [2.75, 3.05) is 16.9 Å². The van der Waals surface area contributed by atoms with Crippen molar-refractivity contribution in [2.45, 2.75) is 25.3 Å². The van der Waals surface area contributed by atoms with Gasteiger partial charge >= 0.3 is 6.01 Å². The number of benzene rings is 1. The third-order valence-electron chi connectivity index (χ3n) is 3.75. The first-order valence-corrected chi connectivity index (χ1v) is 8.22. The summed E-state index contributed by atoms with van der Waals surface area (Å²) in [6.07, 6.45) is 2.12. The molecule has 0 aliphatic heterocycles. The van der Waals surface area contributed by atoms with E-state index in [4.69, 9.17) is 16.3 Å². The summed E-state index contributed by atoms with van der Waals surface area (Å²) < 4.78 is 44.3. The molecule has 7 nitrogen and oxygen atoms in total. The summed E-state index contributed by atoms with van der Waals surface area (Å²) in [6.45, 7) is -0.0660. The molecule has 10 heteroatoms. The summed E-state index contributed by atoms with van der Waals surface area (Å²) in [6, 6.07) is 5.47. The van der Waals surface area contributed by atoms with Crippen LogP contribution in [-0.4, -0.2) is 22.6 Å². The molecule has 0 unspecified atom stereocenters. The minimum Gasteiger partial charge on any atom is -0.457 e. The van der Waals surface area contributed by atoms with E-state index in [9.17, 15) is 13.2 Å². The van der Waals surface area contributed by atoms with Gasteiger partial charge in [0, 0.05) is 18.4 Å². The van der Waals surface area contributed by atoms with Crippen LogP contribution in [0.25, 0.3) is 0 Å². The van der Waals surface area contributed by atoms with Crippen LogP contribution in [0.4, 0.5) is 24.7 Å². The van der Waals surface area contributed by atoms with Gasteiger partial charge in [-0.05, 0) is 37.1 Å². The number of ether oxygens (including phenoxy) is 1. The third-order valence-corrected chi connectivity index (χ3v) is 3.75. The Balaban J connectivity index is 1.61. The van der Waals surface area contributed by atoms with Crippen LogP contribution in [0.3, 0.4) is 0 Å². The molecule has 0 bridgehead atoms. The minimum atomic E-state index is -2.95. The molecule has 1 heterocycles. The monoisotopic (exact) mass is 380 g/mol. The average molecular weight is 380 g/mol. The fourth-order valence-electron chi connectivity index (χ4n) is 2.22. The normalized spacial score (nSPS) is 14.3. The summed E-state index contributed by atoms with van der Waals surface area (Å²) in [5.74, 6) is 5.45. The standard InChI is InChI=1S/C17H19F3N6O/c18-14-4-3-12(7-13(14)16(19)20)26(22)8-10(21)9-27-17-23-6-5-15(25-17)24-11-1-2-11/h3-8,11,16H,1-2,9,21-22H2,(H,23,24,25)/b10-8-. The van der Waals surface area contributed by atoms with Crippen molar-refractivity contribution in [1.29, 1.82) is 0 Å². The Morgan fingerprint density at radius 2 is 2.15 bits per heavy atom. The maximum absolute atomic E-state index is 13.4. The molecule has 5 N–H and O–H groups in total. The SMILES string of the molecule is N/C(=C\N(N)c1ccc(F)c(C(F)F)c1)COc1nccc(NC2CC2)n1. The second kappa shape index (κ2) is 8.12. The molecule has 1 aromatic carbocycles. The zero-order chi connectivity index (χ0) is 19.4. The fourth-order valence-corrected chi connectivity index (χ4v) is 2.22. The number of halogens is 3. The van der Waals surface area contributed by atoms with Gasteiger partial charge < -0.3 is 15.8 Å². The quantitative estimate of drug-likeness (QED) is 0.478. The van der Waals surface area contributed by atoms with Gasteiger partial charge in [0.05, 0.1) is 16.9 Å². The van der Waals surface area contributed by atoms with Gasteiger partial charge in [-0.2, -0.15) is 4.98 Å². The highest BCUT2D eigenvalue weighted by Gasteiger charge is 2.21. The van der Waals surface area contributed by atoms with E-state index in [2.05, 4.69) is 15.3 Å². The van der Waals surface area contributed by atoms with Crippen molar-refractivity contribution in [1.82, 2.24) is 9.97 Å². The molecule has 0 amide bonds. The summed E-state index contributed by atoms with van der Waals surface area (Å²) in [7, 11) is 0. The van der Waals surface area contributed by atoms with E-state index < -0.39 is 17.8 Å². The predicted octanol–water partition coefficient (Wildman–Crippen LogP) is 2.69. The molecule has 0 radical (unpaired) electrons. The van der Waals surface area contributed by atoms with E-state index in [0.717, 1.165) is 30.0 Å². The minimum absolute atomic E-state index is 0.0660. The highest BCUT2D eigenvalue weighted by Crippen LogP contribution is 2.26. The van der Waals surface area contributed by atoms with E-state index in [1.165, 1.54) is 12.3 Å². The molecule has 3 rings (SSSR count). The zero-order valence-electron chi connectivity index (χ0n) is 14.3. The van der Waals surface area contributed by atoms with Gasteiger partial charge in [-0.3, -0.25) is 5.01 Å². The van der Waals surface area contributed by atoms with E-state index in [1.54, 1.807) is 12.3 Å². The van der Waals surface area contributed by atoms with Gasteiger partial charge in [0.25, 0.3) is 6.43 Å². The van der Waals surface area contributed by atoms with Crippen molar-refractivity contribution in [3.05, 3.63) is 53.7 Å². The Kier molecular flexibility index (Phi) is 5.65. The number of hydrogen-bond donors (Lipinski definition) is 3. The summed E-state index contributed by atoms with van der Waals surface area (Å²) in [4.78, 5) is 8.20. The van der Waals surface area contributed by atoms with Gasteiger partial charge in [0.1, 0.15) is 18.2 Å². The highest BCUT2D eigenvalue weighted by molar-refractivity contribution is 5.50. The van der Waals surface area contributed by atoms with Crippen molar-refractivity contribution in [3.63, 3.8) is 0 Å². The molecule has 1 aliphatic carbocycles. The number of aromatic nitrogens is 2. The van der Waals surface area contributed by atoms with Crippen LogP contribution in [-0.2, 0) is 0 Å². The number of nitrogens with two attached hydrogens (primary N) is 2. The molecular formula is C17H19F3N6O. The third kappa shape index (κ3) is 5.23.